The summed E-state index contributed by atoms with van der Waals surface area (Å²) in [5.41, 5.74) is 0.396. The Bertz CT molecular complexity index is 406. The number of urea groups is 1. The Morgan fingerprint density at radius 1 is 1.47 bits per heavy atom. The zero-order valence-electron chi connectivity index (χ0n) is 7.99. The van der Waals surface area contributed by atoms with Gasteiger partial charge in [0.05, 0.1) is 11.9 Å². The summed E-state index contributed by atoms with van der Waals surface area (Å²) in [7, 11) is 1.32. The predicted octanol–water partition coefficient (Wildman–Crippen LogP) is -0.202. The predicted molar refractivity (Wildman–Crippen MR) is 50.9 cm³/mol. The third kappa shape index (κ3) is 1.35. The molecule has 78 valence electrons. The van der Waals surface area contributed by atoms with E-state index in [1.165, 1.54) is 13.2 Å². The highest BCUT2D eigenvalue weighted by Gasteiger charge is 2.42. The van der Waals surface area contributed by atoms with Crippen molar-refractivity contribution in [2.75, 3.05) is 11.9 Å². The number of carbonyl (C=O) groups is 2. The fraction of sp³-hybridized carbons (Fsp3) is 0.222. The van der Waals surface area contributed by atoms with Gasteiger partial charge in [-0.05, 0) is 12.1 Å². The van der Waals surface area contributed by atoms with Crippen LogP contribution in [-0.2, 0) is 4.79 Å². The van der Waals surface area contributed by atoms with Crippen molar-refractivity contribution in [3.8, 4) is 0 Å². The topological polar surface area (TPSA) is 73.7 Å². The number of hydrogen-bond donors (Lipinski definition) is 1. The first kappa shape index (κ1) is 9.60. The summed E-state index contributed by atoms with van der Waals surface area (Å²) in [6.45, 7) is 0. The van der Waals surface area contributed by atoms with Crippen LogP contribution in [0.4, 0.5) is 10.5 Å². The molecule has 6 heteroatoms. The summed E-state index contributed by atoms with van der Waals surface area (Å²) in [4.78, 5) is 28.5. The Morgan fingerprint density at radius 3 is 2.67 bits per heavy atom. The number of aliphatic hydroxyl groups excluding tert-OH is 1. The largest absolute Gasteiger partial charge is 0.365 e. The highest BCUT2D eigenvalue weighted by molar-refractivity contribution is 6.13. The van der Waals surface area contributed by atoms with Crippen molar-refractivity contribution in [3.05, 3.63) is 24.5 Å². The maximum atomic E-state index is 11.6. The smallest absolute Gasteiger partial charge is 0.333 e. The summed E-state index contributed by atoms with van der Waals surface area (Å²) in [5.74, 6) is -0.635. The summed E-state index contributed by atoms with van der Waals surface area (Å²) >= 11 is 0. The zero-order chi connectivity index (χ0) is 11.0. The second-order valence-corrected chi connectivity index (χ2v) is 3.13. The molecule has 1 saturated heterocycles. The SMILES string of the molecule is CN1C(=O)[C@@H](O)N(c2cccnc2)C1=O. The molecule has 15 heavy (non-hydrogen) atoms. The van der Waals surface area contributed by atoms with E-state index in [1.54, 1.807) is 18.3 Å². The summed E-state index contributed by atoms with van der Waals surface area (Å²) in [6.07, 6.45) is 1.50. The highest BCUT2D eigenvalue weighted by Crippen LogP contribution is 2.22. The molecule has 0 bridgehead atoms. The third-order valence-electron chi connectivity index (χ3n) is 2.21. The molecule has 0 radical (unpaired) electrons. The average molecular weight is 207 g/mol. The number of pyridine rings is 1. The molecule has 3 amide bonds. The van der Waals surface area contributed by atoms with Gasteiger partial charge >= 0.3 is 6.03 Å². The number of likely N-dealkylation sites (N-methyl/N-ethyl adjacent to an activating group) is 1. The minimum atomic E-state index is -1.45. The van der Waals surface area contributed by atoms with Crippen molar-refractivity contribution in [3.63, 3.8) is 0 Å². The van der Waals surface area contributed by atoms with E-state index >= 15 is 0 Å². The number of amides is 3. The van der Waals surface area contributed by atoms with Gasteiger partial charge in [0.1, 0.15) is 0 Å². The number of anilines is 1. The lowest BCUT2D eigenvalue weighted by atomic mass is 10.3. The number of rotatable bonds is 1. The van der Waals surface area contributed by atoms with Gasteiger partial charge in [-0.3, -0.25) is 19.6 Å². The summed E-state index contributed by atoms with van der Waals surface area (Å²) in [6, 6.07) is 2.67. The lowest BCUT2D eigenvalue weighted by molar-refractivity contribution is -0.132. The van der Waals surface area contributed by atoms with Crippen LogP contribution in [0.15, 0.2) is 24.5 Å². The second kappa shape index (κ2) is 3.32. The van der Waals surface area contributed by atoms with Gasteiger partial charge in [-0.15, -0.1) is 0 Å². The maximum absolute atomic E-state index is 11.6. The molecule has 0 saturated carbocycles. The number of hydrogen-bond acceptors (Lipinski definition) is 4. The summed E-state index contributed by atoms with van der Waals surface area (Å²) < 4.78 is 0. The van der Waals surface area contributed by atoms with Crippen LogP contribution >= 0.6 is 0 Å². The fourth-order valence-corrected chi connectivity index (χ4v) is 1.39. The number of imide groups is 1. The van der Waals surface area contributed by atoms with E-state index in [1.807, 2.05) is 0 Å². The minimum Gasteiger partial charge on any atom is -0.365 e. The highest BCUT2D eigenvalue weighted by atomic mass is 16.3. The first-order valence-electron chi connectivity index (χ1n) is 4.32. The molecule has 1 N–H and O–H groups in total. The Hall–Kier alpha value is -1.95. The Morgan fingerprint density at radius 2 is 2.20 bits per heavy atom. The number of carbonyl (C=O) groups excluding carboxylic acids is 2. The van der Waals surface area contributed by atoms with Crippen LogP contribution in [0, 0.1) is 0 Å². The Labute approximate surface area is 85.7 Å². The lowest BCUT2D eigenvalue weighted by Crippen LogP contribution is -2.34. The van der Waals surface area contributed by atoms with Crippen LogP contribution in [-0.4, -0.2) is 40.2 Å². The molecule has 1 fully saturated rings. The van der Waals surface area contributed by atoms with Crippen molar-refractivity contribution >= 4 is 17.6 Å². The molecule has 1 aliphatic heterocycles. The first-order valence-corrected chi connectivity index (χ1v) is 4.32. The van der Waals surface area contributed by atoms with Crippen molar-refractivity contribution in [2.45, 2.75) is 6.23 Å². The van der Waals surface area contributed by atoms with Gasteiger partial charge in [0.2, 0.25) is 6.23 Å². The Balaban J connectivity index is 2.39. The van der Waals surface area contributed by atoms with Crippen LogP contribution in [0.2, 0.25) is 0 Å². The van der Waals surface area contributed by atoms with Gasteiger partial charge in [0.25, 0.3) is 5.91 Å². The van der Waals surface area contributed by atoms with Crippen LogP contribution in [0.3, 0.4) is 0 Å². The van der Waals surface area contributed by atoms with E-state index in [9.17, 15) is 14.7 Å². The van der Waals surface area contributed by atoms with Crippen molar-refractivity contribution in [1.29, 1.82) is 0 Å². The van der Waals surface area contributed by atoms with E-state index < -0.39 is 18.2 Å². The van der Waals surface area contributed by atoms with Gasteiger partial charge in [-0.1, -0.05) is 0 Å². The van der Waals surface area contributed by atoms with Crippen LogP contribution in [0.5, 0.6) is 0 Å². The molecule has 0 spiro atoms. The number of nitrogens with zero attached hydrogens (tertiary/aromatic N) is 3. The van der Waals surface area contributed by atoms with E-state index in [0.29, 0.717) is 5.69 Å². The monoisotopic (exact) mass is 207 g/mol. The molecule has 2 rings (SSSR count). The molecular weight excluding hydrogens is 198 g/mol. The molecule has 1 aromatic heterocycles. The lowest BCUT2D eigenvalue weighted by Gasteiger charge is -2.16. The molecular formula is C9H9N3O3. The molecule has 6 nitrogen and oxygen atoms in total. The van der Waals surface area contributed by atoms with Crippen LogP contribution < -0.4 is 4.90 Å². The van der Waals surface area contributed by atoms with Gasteiger partial charge in [0, 0.05) is 13.2 Å². The van der Waals surface area contributed by atoms with Gasteiger partial charge in [-0.2, -0.15) is 0 Å². The van der Waals surface area contributed by atoms with Gasteiger partial charge in [0.15, 0.2) is 0 Å². The summed E-state index contributed by atoms with van der Waals surface area (Å²) in [5, 5.41) is 9.54. The molecule has 0 aliphatic carbocycles. The van der Waals surface area contributed by atoms with E-state index in [2.05, 4.69) is 4.98 Å². The van der Waals surface area contributed by atoms with Crippen LogP contribution in [0.1, 0.15) is 0 Å². The molecule has 1 aliphatic rings. The maximum Gasteiger partial charge on any atom is 0.333 e. The standard InChI is InChI=1S/C9H9N3O3/c1-11-7(13)8(14)12(9(11)15)6-3-2-4-10-5-6/h2-5,8,14H,1H3/t8-/m1/s1. The zero-order valence-corrected chi connectivity index (χ0v) is 7.99. The second-order valence-electron chi connectivity index (χ2n) is 3.13. The normalized spacial score (nSPS) is 21.3. The van der Waals surface area contributed by atoms with E-state index in [4.69, 9.17) is 0 Å². The van der Waals surface area contributed by atoms with Gasteiger partial charge in [-0.25, -0.2) is 4.79 Å². The molecule has 2 heterocycles. The molecule has 1 atom stereocenters. The quantitative estimate of drug-likeness (QED) is 0.647. The molecule has 0 aromatic carbocycles. The van der Waals surface area contributed by atoms with Crippen LogP contribution in [0.25, 0.3) is 0 Å². The molecule has 1 aromatic rings. The van der Waals surface area contributed by atoms with E-state index in [0.717, 1.165) is 9.80 Å². The molecule has 0 unspecified atom stereocenters. The van der Waals surface area contributed by atoms with Crippen molar-refractivity contribution in [2.24, 2.45) is 0 Å². The minimum absolute atomic E-state index is 0.396. The number of aliphatic hydroxyl groups is 1. The fourth-order valence-electron chi connectivity index (χ4n) is 1.39. The van der Waals surface area contributed by atoms with E-state index in [-0.39, 0.29) is 0 Å². The van der Waals surface area contributed by atoms with Crippen molar-refractivity contribution < 1.29 is 14.7 Å². The Kier molecular flexibility index (Phi) is 2.12. The van der Waals surface area contributed by atoms with Gasteiger partial charge < -0.3 is 5.11 Å². The number of aromatic nitrogens is 1. The third-order valence-corrected chi connectivity index (χ3v) is 2.21. The first-order chi connectivity index (χ1) is 7.13. The van der Waals surface area contributed by atoms with Crippen molar-refractivity contribution in [1.82, 2.24) is 9.88 Å². The average Bonchev–Trinajstić information content (AvgIpc) is 2.45.